The van der Waals surface area contributed by atoms with Crippen molar-refractivity contribution in [2.24, 2.45) is 0 Å². The van der Waals surface area contributed by atoms with Crippen LogP contribution in [0.3, 0.4) is 0 Å². The lowest BCUT2D eigenvalue weighted by molar-refractivity contribution is -0.384. The lowest BCUT2D eigenvalue weighted by atomic mass is 10.3. The van der Waals surface area contributed by atoms with Gasteiger partial charge in [0.15, 0.2) is 5.11 Å². The Hall–Kier alpha value is -2.71. The number of nitro groups is 1. The SMILES string of the molecule is O=C(/C=C/c1ccco1)NC(=S)Nc1cc([N+](=O)[O-])ccc1Cl. The first-order chi connectivity index (χ1) is 11.0. The maximum absolute atomic E-state index is 11.7. The van der Waals surface area contributed by atoms with Gasteiger partial charge in [0.25, 0.3) is 5.69 Å². The third-order valence-corrected chi connectivity index (χ3v) is 3.12. The van der Waals surface area contributed by atoms with Gasteiger partial charge in [-0.3, -0.25) is 20.2 Å². The molecule has 0 unspecified atom stereocenters. The maximum Gasteiger partial charge on any atom is 0.271 e. The summed E-state index contributed by atoms with van der Waals surface area (Å²) in [5, 5.41) is 16.0. The van der Waals surface area contributed by atoms with Crippen molar-refractivity contribution in [2.45, 2.75) is 0 Å². The van der Waals surface area contributed by atoms with Crippen LogP contribution in [0.1, 0.15) is 5.76 Å². The Morgan fingerprint density at radius 3 is 2.83 bits per heavy atom. The molecule has 0 aliphatic rings. The van der Waals surface area contributed by atoms with Crippen LogP contribution >= 0.6 is 23.8 Å². The fourth-order valence-corrected chi connectivity index (χ4v) is 1.95. The number of amides is 1. The lowest BCUT2D eigenvalue weighted by Crippen LogP contribution is -2.32. The number of hydrogen-bond donors (Lipinski definition) is 2. The summed E-state index contributed by atoms with van der Waals surface area (Å²) in [5.41, 5.74) is 0.0740. The van der Waals surface area contributed by atoms with Gasteiger partial charge in [0.1, 0.15) is 5.76 Å². The highest BCUT2D eigenvalue weighted by Gasteiger charge is 2.11. The molecule has 9 heteroatoms. The van der Waals surface area contributed by atoms with E-state index in [9.17, 15) is 14.9 Å². The molecule has 2 aromatic rings. The lowest BCUT2D eigenvalue weighted by Gasteiger charge is -2.09. The Bertz CT molecular complexity index is 774. The number of nitrogens with one attached hydrogen (secondary N) is 2. The largest absolute Gasteiger partial charge is 0.465 e. The molecule has 0 saturated heterocycles. The molecule has 0 aliphatic heterocycles. The summed E-state index contributed by atoms with van der Waals surface area (Å²) in [6.07, 6.45) is 4.19. The van der Waals surface area contributed by atoms with Crippen molar-refractivity contribution in [3.63, 3.8) is 0 Å². The van der Waals surface area contributed by atoms with Gasteiger partial charge in [-0.1, -0.05) is 11.6 Å². The van der Waals surface area contributed by atoms with Gasteiger partial charge >= 0.3 is 0 Å². The summed E-state index contributed by atoms with van der Waals surface area (Å²) in [5.74, 6) is 0.0289. The number of anilines is 1. The minimum absolute atomic E-state index is 0.0403. The Morgan fingerprint density at radius 1 is 1.39 bits per heavy atom. The average Bonchev–Trinajstić information content (AvgIpc) is 3.00. The molecule has 7 nitrogen and oxygen atoms in total. The molecule has 0 aliphatic carbocycles. The smallest absolute Gasteiger partial charge is 0.271 e. The van der Waals surface area contributed by atoms with E-state index in [4.69, 9.17) is 28.2 Å². The van der Waals surface area contributed by atoms with Crippen molar-refractivity contribution in [1.29, 1.82) is 0 Å². The fourth-order valence-electron chi connectivity index (χ4n) is 1.57. The summed E-state index contributed by atoms with van der Waals surface area (Å²) >= 11 is 10.9. The van der Waals surface area contributed by atoms with Gasteiger partial charge in [-0.2, -0.15) is 0 Å². The van der Waals surface area contributed by atoms with E-state index >= 15 is 0 Å². The number of carbonyl (C=O) groups is 1. The number of hydrogen-bond acceptors (Lipinski definition) is 5. The molecule has 2 rings (SSSR count). The molecule has 0 spiro atoms. The number of halogens is 1. The number of nitro benzene ring substituents is 1. The number of rotatable bonds is 4. The Balaban J connectivity index is 1.98. The molecule has 2 N–H and O–H groups in total. The van der Waals surface area contributed by atoms with E-state index in [0.29, 0.717) is 5.76 Å². The van der Waals surface area contributed by atoms with Crippen molar-refractivity contribution >= 4 is 52.3 Å². The van der Waals surface area contributed by atoms with Gasteiger partial charge in [0.05, 0.1) is 21.9 Å². The van der Waals surface area contributed by atoms with Crippen molar-refractivity contribution < 1.29 is 14.1 Å². The zero-order valence-corrected chi connectivity index (χ0v) is 13.1. The van der Waals surface area contributed by atoms with Crippen molar-refractivity contribution in [3.05, 3.63) is 63.6 Å². The van der Waals surface area contributed by atoms with Crippen molar-refractivity contribution in [2.75, 3.05) is 5.32 Å². The van der Waals surface area contributed by atoms with E-state index in [1.54, 1.807) is 12.1 Å². The van der Waals surface area contributed by atoms with E-state index in [2.05, 4.69) is 10.6 Å². The van der Waals surface area contributed by atoms with Gasteiger partial charge in [-0.05, 0) is 36.5 Å². The Kier molecular flexibility index (Phi) is 5.45. The van der Waals surface area contributed by atoms with Crippen LogP contribution in [0.4, 0.5) is 11.4 Å². The molecule has 0 atom stereocenters. The first kappa shape index (κ1) is 16.7. The molecule has 1 aromatic heterocycles. The summed E-state index contributed by atoms with van der Waals surface area (Å²) < 4.78 is 5.04. The van der Waals surface area contributed by atoms with Gasteiger partial charge in [-0.25, -0.2) is 0 Å². The summed E-state index contributed by atoms with van der Waals surface area (Å²) in [4.78, 5) is 21.9. The Labute approximate surface area is 141 Å². The maximum atomic E-state index is 11.7. The van der Waals surface area contributed by atoms with E-state index in [1.165, 1.54) is 36.6 Å². The zero-order valence-electron chi connectivity index (χ0n) is 11.5. The van der Waals surface area contributed by atoms with Gasteiger partial charge < -0.3 is 9.73 Å². The monoisotopic (exact) mass is 351 g/mol. The molecule has 0 saturated carbocycles. The van der Waals surface area contributed by atoms with Crippen LogP contribution < -0.4 is 10.6 Å². The highest BCUT2D eigenvalue weighted by atomic mass is 35.5. The third kappa shape index (κ3) is 4.90. The molecule has 118 valence electrons. The van der Waals surface area contributed by atoms with Crippen LogP contribution in [-0.4, -0.2) is 15.9 Å². The number of benzene rings is 1. The predicted octanol–water partition coefficient (Wildman–Crippen LogP) is 3.37. The zero-order chi connectivity index (χ0) is 16.8. The van der Waals surface area contributed by atoms with E-state index in [-0.39, 0.29) is 21.5 Å². The van der Waals surface area contributed by atoms with Gasteiger partial charge in [0.2, 0.25) is 5.91 Å². The van der Waals surface area contributed by atoms with Crippen LogP contribution in [0.5, 0.6) is 0 Å². The molecule has 1 aromatic carbocycles. The fraction of sp³-hybridized carbons (Fsp3) is 0. The van der Waals surface area contributed by atoms with Crippen LogP contribution in [0.2, 0.25) is 5.02 Å². The molecule has 0 fully saturated rings. The highest BCUT2D eigenvalue weighted by Crippen LogP contribution is 2.26. The third-order valence-electron chi connectivity index (χ3n) is 2.59. The molecule has 1 amide bonds. The quantitative estimate of drug-likeness (QED) is 0.379. The first-order valence-corrected chi connectivity index (χ1v) is 7.02. The van der Waals surface area contributed by atoms with Gasteiger partial charge in [0, 0.05) is 18.2 Å². The normalized spacial score (nSPS) is 10.5. The van der Waals surface area contributed by atoms with Crippen molar-refractivity contribution in [3.8, 4) is 0 Å². The van der Waals surface area contributed by atoms with E-state index < -0.39 is 10.8 Å². The predicted molar refractivity (Wildman–Crippen MR) is 90.2 cm³/mol. The molecule has 1 heterocycles. The number of thiocarbonyl (C=S) groups is 1. The topological polar surface area (TPSA) is 97.4 Å². The van der Waals surface area contributed by atoms with Crippen LogP contribution in [-0.2, 0) is 4.79 Å². The second-order valence-electron chi connectivity index (χ2n) is 4.21. The van der Waals surface area contributed by atoms with E-state index in [0.717, 1.165) is 0 Å². The van der Waals surface area contributed by atoms with Gasteiger partial charge in [-0.15, -0.1) is 0 Å². The first-order valence-electron chi connectivity index (χ1n) is 6.23. The summed E-state index contributed by atoms with van der Waals surface area (Å²) in [7, 11) is 0. The van der Waals surface area contributed by atoms with E-state index in [1.807, 2.05) is 0 Å². The molecule has 0 bridgehead atoms. The minimum Gasteiger partial charge on any atom is -0.465 e. The molecule has 23 heavy (non-hydrogen) atoms. The van der Waals surface area contributed by atoms with Crippen LogP contribution in [0.15, 0.2) is 47.1 Å². The summed E-state index contributed by atoms with van der Waals surface area (Å²) in [6, 6.07) is 7.22. The Morgan fingerprint density at radius 2 is 2.17 bits per heavy atom. The minimum atomic E-state index is -0.560. The molecule has 0 radical (unpaired) electrons. The average molecular weight is 352 g/mol. The second kappa shape index (κ2) is 7.52. The second-order valence-corrected chi connectivity index (χ2v) is 5.03. The number of carbonyl (C=O) groups excluding carboxylic acids is 1. The van der Waals surface area contributed by atoms with Crippen LogP contribution in [0, 0.1) is 10.1 Å². The van der Waals surface area contributed by atoms with Crippen molar-refractivity contribution in [1.82, 2.24) is 5.32 Å². The number of non-ortho nitro benzene ring substituents is 1. The summed E-state index contributed by atoms with van der Waals surface area (Å²) in [6.45, 7) is 0. The van der Waals surface area contributed by atoms with Crippen LogP contribution in [0.25, 0.3) is 6.08 Å². The standard InChI is InChI=1S/C14H10ClN3O4S/c15-11-5-3-9(18(20)21)8-12(11)16-14(23)17-13(19)6-4-10-2-1-7-22-10/h1-8H,(H2,16,17,19,23)/b6-4+. The number of furan rings is 1. The molecular weight excluding hydrogens is 342 g/mol. The number of nitrogens with zero attached hydrogens (tertiary/aromatic N) is 1. The highest BCUT2D eigenvalue weighted by molar-refractivity contribution is 7.80. The molecular formula is C14H10ClN3O4S.